The Hall–Kier alpha value is -2.74. The molecule has 1 fully saturated rings. The van der Waals surface area contributed by atoms with Gasteiger partial charge >= 0.3 is 6.61 Å². The van der Waals surface area contributed by atoms with Crippen molar-refractivity contribution in [1.29, 1.82) is 0 Å². The third-order valence-corrected chi connectivity index (χ3v) is 5.07. The van der Waals surface area contributed by atoms with Gasteiger partial charge in [0.1, 0.15) is 16.3 Å². The number of carbonyl (C=O) groups is 2. The smallest absolute Gasteiger partial charge is 0.388 e. The van der Waals surface area contributed by atoms with Crippen LogP contribution >= 0.6 is 11.6 Å². The van der Waals surface area contributed by atoms with Gasteiger partial charge in [0.25, 0.3) is 0 Å². The van der Waals surface area contributed by atoms with E-state index < -0.39 is 23.8 Å². The number of anilines is 1. The lowest BCUT2D eigenvalue weighted by Gasteiger charge is -2.30. The molecule has 0 radical (unpaired) electrons. The summed E-state index contributed by atoms with van der Waals surface area (Å²) in [6, 6.07) is 10.1. The minimum atomic E-state index is -3.14. The van der Waals surface area contributed by atoms with E-state index in [1.807, 2.05) is 32.0 Å². The van der Waals surface area contributed by atoms with E-state index >= 15 is 0 Å². The van der Waals surface area contributed by atoms with E-state index in [0.717, 1.165) is 5.56 Å². The van der Waals surface area contributed by atoms with Crippen molar-refractivity contribution in [3.63, 3.8) is 0 Å². The van der Waals surface area contributed by atoms with E-state index in [-0.39, 0.29) is 35.6 Å². The van der Waals surface area contributed by atoms with Crippen LogP contribution in [0.3, 0.4) is 0 Å². The highest BCUT2D eigenvalue weighted by molar-refractivity contribution is 6.29. The second-order valence-electron chi connectivity index (χ2n) is 7.10. The van der Waals surface area contributed by atoms with Gasteiger partial charge in [-0.3, -0.25) is 9.59 Å². The number of pyridine rings is 1. The van der Waals surface area contributed by atoms with E-state index in [9.17, 15) is 18.4 Å². The Morgan fingerprint density at radius 1 is 1.28 bits per heavy atom. The van der Waals surface area contributed by atoms with Crippen molar-refractivity contribution in [2.45, 2.75) is 38.2 Å². The Balaban J connectivity index is 2.02. The van der Waals surface area contributed by atoms with Gasteiger partial charge in [-0.05, 0) is 29.2 Å². The quantitative estimate of drug-likeness (QED) is 0.691. The number of carbonyl (C=O) groups excluding carboxylic acids is 2. The fourth-order valence-electron chi connectivity index (χ4n) is 3.49. The Morgan fingerprint density at radius 3 is 2.62 bits per heavy atom. The van der Waals surface area contributed by atoms with Crippen molar-refractivity contribution < 1.29 is 23.1 Å². The number of rotatable bonds is 6. The zero-order valence-corrected chi connectivity index (χ0v) is 16.6. The molecule has 9 heteroatoms. The summed E-state index contributed by atoms with van der Waals surface area (Å²) in [6.45, 7) is 0.938. The largest absolute Gasteiger partial charge is 0.415 e. The summed E-state index contributed by atoms with van der Waals surface area (Å²) in [6.07, 6.45) is -0.0609. The maximum absolute atomic E-state index is 13.4. The summed E-state index contributed by atoms with van der Waals surface area (Å²) in [7, 11) is 0. The Bertz CT molecular complexity index is 939. The zero-order chi connectivity index (χ0) is 21.2. The number of amides is 2. The molecule has 1 aromatic heterocycles. The standard InChI is InChI=1S/C20H20ClF2N3O3/c1-11(2)12-5-3-4-6-13(12)20(9-16(27)24-10-20)18(28)25-14-7-8-15(21)26-17(14)29-19(22)23/h3-8,11,19H,9-10H2,1-2H3,(H,24,27)(H,25,28). The van der Waals surface area contributed by atoms with Crippen molar-refractivity contribution >= 4 is 29.1 Å². The summed E-state index contributed by atoms with van der Waals surface area (Å²) in [5, 5.41) is 5.25. The van der Waals surface area contributed by atoms with Gasteiger partial charge in [-0.15, -0.1) is 0 Å². The molecule has 0 spiro atoms. The third kappa shape index (κ3) is 4.32. The Kier molecular flexibility index (Phi) is 6.02. The zero-order valence-electron chi connectivity index (χ0n) is 15.8. The van der Waals surface area contributed by atoms with Gasteiger partial charge in [0, 0.05) is 13.0 Å². The van der Waals surface area contributed by atoms with E-state index in [1.54, 1.807) is 6.07 Å². The molecule has 2 N–H and O–H groups in total. The minimum Gasteiger partial charge on any atom is -0.415 e. The monoisotopic (exact) mass is 423 g/mol. The first-order valence-electron chi connectivity index (χ1n) is 9.02. The summed E-state index contributed by atoms with van der Waals surface area (Å²) in [5.41, 5.74) is 0.390. The van der Waals surface area contributed by atoms with E-state index in [2.05, 4.69) is 20.4 Å². The molecule has 1 saturated heterocycles. The fourth-order valence-corrected chi connectivity index (χ4v) is 3.63. The normalized spacial score (nSPS) is 18.8. The predicted molar refractivity (Wildman–Crippen MR) is 104 cm³/mol. The van der Waals surface area contributed by atoms with Crippen LogP contribution in [0, 0.1) is 0 Å². The minimum absolute atomic E-state index is 0.0551. The van der Waals surface area contributed by atoms with Crippen molar-refractivity contribution in [3.8, 4) is 5.88 Å². The molecule has 2 heterocycles. The van der Waals surface area contributed by atoms with Crippen molar-refractivity contribution in [1.82, 2.24) is 10.3 Å². The lowest BCUT2D eigenvalue weighted by molar-refractivity contribution is -0.124. The second-order valence-corrected chi connectivity index (χ2v) is 7.48. The maximum Gasteiger partial charge on any atom is 0.388 e. The third-order valence-electron chi connectivity index (χ3n) is 4.86. The number of nitrogens with one attached hydrogen (secondary N) is 2. The SMILES string of the molecule is CC(C)c1ccccc1C1(C(=O)Nc2ccc(Cl)nc2OC(F)F)CNC(=O)C1. The van der Waals surface area contributed by atoms with Crippen LogP contribution in [0.5, 0.6) is 5.88 Å². The lowest BCUT2D eigenvalue weighted by atomic mass is 9.74. The molecular formula is C20H20ClF2N3O3. The van der Waals surface area contributed by atoms with Gasteiger partial charge in [-0.2, -0.15) is 13.8 Å². The molecule has 1 aliphatic rings. The molecule has 0 aliphatic carbocycles. The average molecular weight is 424 g/mol. The topological polar surface area (TPSA) is 80.3 Å². The van der Waals surface area contributed by atoms with Crippen LogP contribution in [0.1, 0.15) is 37.3 Å². The molecule has 1 aromatic carbocycles. The number of aromatic nitrogens is 1. The molecule has 1 unspecified atom stereocenters. The van der Waals surface area contributed by atoms with Crippen molar-refractivity contribution in [2.24, 2.45) is 0 Å². The molecule has 29 heavy (non-hydrogen) atoms. The number of halogens is 3. The predicted octanol–water partition coefficient (Wildman–Crippen LogP) is 3.86. The van der Waals surface area contributed by atoms with Crippen LogP contribution in [0.15, 0.2) is 36.4 Å². The van der Waals surface area contributed by atoms with Crippen LogP contribution in [-0.2, 0) is 15.0 Å². The molecule has 0 bridgehead atoms. The number of alkyl halides is 2. The lowest BCUT2D eigenvalue weighted by Crippen LogP contribution is -2.43. The van der Waals surface area contributed by atoms with Crippen LogP contribution in [-0.4, -0.2) is 30.0 Å². The Morgan fingerprint density at radius 2 is 2.00 bits per heavy atom. The van der Waals surface area contributed by atoms with Crippen LogP contribution in [0.4, 0.5) is 14.5 Å². The number of hydrogen-bond donors (Lipinski definition) is 2. The summed E-state index contributed by atoms with van der Waals surface area (Å²) < 4.78 is 29.8. The molecule has 3 rings (SSSR count). The van der Waals surface area contributed by atoms with Crippen LogP contribution in [0.25, 0.3) is 0 Å². The first kappa shape index (κ1) is 21.0. The fraction of sp³-hybridized carbons (Fsp3) is 0.350. The average Bonchev–Trinajstić information content (AvgIpc) is 3.06. The highest BCUT2D eigenvalue weighted by Gasteiger charge is 2.48. The summed E-state index contributed by atoms with van der Waals surface area (Å²) in [5.74, 6) is -1.17. The van der Waals surface area contributed by atoms with Gasteiger partial charge in [0.2, 0.25) is 17.7 Å². The second kappa shape index (κ2) is 8.32. The van der Waals surface area contributed by atoms with Gasteiger partial charge in [-0.25, -0.2) is 0 Å². The van der Waals surface area contributed by atoms with Crippen molar-refractivity contribution in [3.05, 3.63) is 52.7 Å². The van der Waals surface area contributed by atoms with Gasteiger partial charge < -0.3 is 15.4 Å². The molecule has 1 aliphatic heterocycles. The molecule has 6 nitrogen and oxygen atoms in total. The first-order valence-corrected chi connectivity index (χ1v) is 9.39. The van der Waals surface area contributed by atoms with Crippen molar-refractivity contribution in [2.75, 3.05) is 11.9 Å². The number of benzene rings is 1. The Labute approximate surface area is 171 Å². The molecular weight excluding hydrogens is 404 g/mol. The summed E-state index contributed by atoms with van der Waals surface area (Å²) in [4.78, 5) is 29.2. The number of hydrogen-bond acceptors (Lipinski definition) is 4. The maximum atomic E-state index is 13.4. The van der Waals surface area contributed by atoms with E-state index in [1.165, 1.54) is 12.1 Å². The van der Waals surface area contributed by atoms with Crippen LogP contribution < -0.4 is 15.4 Å². The van der Waals surface area contributed by atoms with Gasteiger partial charge in [0.15, 0.2) is 0 Å². The first-order chi connectivity index (χ1) is 13.7. The van der Waals surface area contributed by atoms with Gasteiger partial charge in [0.05, 0.1) is 0 Å². The highest BCUT2D eigenvalue weighted by Crippen LogP contribution is 2.38. The molecule has 154 valence electrons. The molecule has 1 atom stereocenters. The van der Waals surface area contributed by atoms with Gasteiger partial charge in [-0.1, -0.05) is 49.7 Å². The van der Waals surface area contributed by atoms with Crippen LogP contribution in [0.2, 0.25) is 5.15 Å². The van der Waals surface area contributed by atoms with E-state index in [0.29, 0.717) is 5.56 Å². The molecule has 2 aromatic rings. The number of ether oxygens (including phenoxy) is 1. The number of nitrogens with zero attached hydrogens (tertiary/aromatic N) is 1. The van der Waals surface area contributed by atoms with E-state index in [4.69, 9.17) is 11.6 Å². The molecule has 0 saturated carbocycles. The summed E-state index contributed by atoms with van der Waals surface area (Å²) >= 11 is 5.76. The highest BCUT2D eigenvalue weighted by atomic mass is 35.5. The molecule has 2 amide bonds.